The summed E-state index contributed by atoms with van der Waals surface area (Å²) in [5.74, 6) is -0.411. The van der Waals surface area contributed by atoms with Crippen molar-refractivity contribution < 1.29 is 19.0 Å². The fraction of sp³-hybridized carbons (Fsp3) is 0.464. The van der Waals surface area contributed by atoms with E-state index in [1.54, 1.807) is 24.5 Å². The molecule has 0 spiro atoms. The normalized spacial score (nSPS) is 20.9. The lowest BCUT2D eigenvalue weighted by Gasteiger charge is -2.31. The lowest BCUT2D eigenvalue weighted by molar-refractivity contribution is -0.172. The summed E-state index contributed by atoms with van der Waals surface area (Å²) in [6, 6.07) is 4.99. The number of aromatic nitrogens is 2. The van der Waals surface area contributed by atoms with E-state index in [1.165, 1.54) is 31.7 Å². The molecule has 1 saturated carbocycles. The van der Waals surface area contributed by atoms with Crippen LogP contribution in [-0.4, -0.2) is 27.2 Å². The molecular formula is C28H30FN3O4. The highest BCUT2D eigenvalue weighted by molar-refractivity contribution is 5.89. The molecule has 0 bridgehead atoms. The molecule has 1 atom stereocenters. The minimum Gasteiger partial charge on any atom is -0.458 e. The number of halogens is 1. The van der Waals surface area contributed by atoms with E-state index >= 15 is 0 Å². The fourth-order valence-corrected chi connectivity index (χ4v) is 6.11. The van der Waals surface area contributed by atoms with Gasteiger partial charge in [-0.05, 0) is 61.9 Å². The first kappa shape index (κ1) is 23.3. The van der Waals surface area contributed by atoms with Crippen molar-refractivity contribution in [2.24, 2.45) is 5.92 Å². The van der Waals surface area contributed by atoms with E-state index < -0.39 is 11.6 Å². The lowest BCUT2D eigenvalue weighted by Crippen LogP contribution is -2.44. The Balaban J connectivity index is 1.51. The Bertz CT molecular complexity index is 1470. The van der Waals surface area contributed by atoms with E-state index in [4.69, 9.17) is 9.72 Å². The molecule has 3 aromatic rings. The third-order valence-corrected chi connectivity index (χ3v) is 8.30. The average Bonchev–Trinajstić information content (AvgIpc) is 3.51. The van der Waals surface area contributed by atoms with Crippen molar-refractivity contribution in [1.29, 1.82) is 0 Å². The Morgan fingerprint density at radius 1 is 1.22 bits per heavy atom. The second kappa shape index (κ2) is 8.49. The number of benzene rings is 1. The molecular weight excluding hydrogens is 461 g/mol. The highest BCUT2D eigenvalue weighted by Gasteiger charge is 2.45. The number of nitrogens with one attached hydrogen (secondary N) is 1. The van der Waals surface area contributed by atoms with E-state index in [0.29, 0.717) is 47.0 Å². The third-order valence-electron chi connectivity index (χ3n) is 8.30. The SMILES string of the molecule is CC[C@@]1(O)C(=O)OCc2c1cc1n(c2=O)Cc2c-1nc1cc(F)c(C)cc1c2CNCC1CCCC1. The lowest BCUT2D eigenvalue weighted by atomic mass is 9.86. The number of fused-ring (bicyclic) bond motifs is 5. The zero-order valence-corrected chi connectivity index (χ0v) is 20.6. The Labute approximate surface area is 208 Å². The first-order valence-corrected chi connectivity index (χ1v) is 12.8. The van der Waals surface area contributed by atoms with Crippen molar-refractivity contribution in [2.45, 2.75) is 71.2 Å². The van der Waals surface area contributed by atoms with Gasteiger partial charge in [-0.2, -0.15) is 0 Å². The summed E-state index contributed by atoms with van der Waals surface area (Å²) in [4.78, 5) is 30.8. The Morgan fingerprint density at radius 3 is 2.75 bits per heavy atom. The van der Waals surface area contributed by atoms with Gasteiger partial charge in [0.2, 0.25) is 0 Å². The maximum atomic E-state index is 14.6. The smallest absolute Gasteiger partial charge is 0.343 e. The second-order valence-electron chi connectivity index (χ2n) is 10.4. The van der Waals surface area contributed by atoms with Crippen LogP contribution in [0.5, 0.6) is 0 Å². The van der Waals surface area contributed by atoms with Gasteiger partial charge in [0.05, 0.1) is 29.0 Å². The summed E-state index contributed by atoms with van der Waals surface area (Å²) in [6.45, 7) is 5.10. The number of nitrogens with zero attached hydrogens (tertiary/aromatic N) is 2. The van der Waals surface area contributed by atoms with E-state index in [1.807, 2.05) is 6.07 Å². The summed E-state index contributed by atoms with van der Waals surface area (Å²) in [7, 11) is 0. The minimum atomic E-state index is -1.88. The minimum absolute atomic E-state index is 0.0839. The number of carbonyl (C=O) groups is 1. The summed E-state index contributed by atoms with van der Waals surface area (Å²) < 4.78 is 21.4. The largest absolute Gasteiger partial charge is 0.458 e. The topological polar surface area (TPSA) is 93.5 Å². The summed E-state index contributed by atoms with van der Waals surface area (Å²) >= 11 is 0. The van der Waals surface area contributed by atoms with E-state index in [9.17, 15) is 19.1 Å². The van der Waals surface area contributed by atoms with Gasteiger partial charge in [0, 0.05) is 29.1 Å². The molecule has 2 aliphatic heterocycles. The molecule has 0 saturated heterocycles. The van der Waals surface area contributed by atoms with Crippen molar-refractivity contribution in [3.8, 4) is 11.4 Å². The Morgan fingerprint density at radius 2 is 2.00 bits per heavy atom. The number of hydrogen-bond acceptors (Lipinski definition) is 6. The summed E-state index contributed by atoms with van der Waals surface area (Å²) in [5, 5.41) is 15.6. The number of cyclic esters (lactones) is 1. The average molecular weight is 492 g/mol. The molecule has 2 aromatic heterocycles. The molecule has 8 heteroatoms. The van der Waals surface area contributed by atoms with Gasteiger partial charge >= 0.3 is 5.97 Å². The van der Waals surface area contributed by atoms with E-state index in [0.717, 1.165) is 23.1 Å². The highest BCUT2D eigenvalue weighted by atomic mass is 19.1. The molecule has 3 aliphatic rings. The second-order valence-corrected chi connectivity index (χ2v) is 10.4. The number of carbonyl (C=O) groups excluding carboxylic acids is 1. The van der Waals surface area contributed by atoms with Crippen LogP contribution in [0.1, 0.15) is 66.8 Å². The maximum Gasteiger partial charge on any atom is 0.343 e. The third kappa shape index (κ3) is 3.42. The zero-order chi connectivity index (χ0) is 25.2. The van der Waals surface area contributed by atoms with Crippen LogP contribution in [-0.2, 0) is 34.8 Å². The molecule has 188 valence electrons. The molecule has 0 amide bonds. The molecule has 1 aromatic carbocycles. The highest BCUT2D eigenvalue weighted by Crippen LogP contribution is 2.40. The molecule has 2 N–H and O–H groups in total. The number of rotatable bonds is 5. The number of hydrogen-bond donors (Lipinski definition) is 2. The van der Waals surface area contributed by atoms with Gasteiger partial charge < -0.3 is 19.7 Å². The maximum absolute atomic E-state index is 14.6. The van der Waals surface area contributed by atoms with Gasteiger partial charge in [-0.15, -0.1) is 0 Å². The van der Waals surface area contributed by atoms with Crippen LogP contribution in [0.4, 0.5) is 4.39 Å². The number of aliphatic hydroxyl groups is 1. The molecule has 0 unspecified atom stereocenters. The van der Waals surface area contributed by atoms with Crippen molar-refractivity contribution >= 4 is 16.9 Å². The Hall–Kier alpha value is -3.10. The molecule has 6 rings (SSSR count). The Kier molecular flexibility index (Phi) is 5.50. The molecule has 7 nitrogen and oxygen atoms in total. The van der Waals surface area contributed by atoms with Gasteiger partial charge in [-0.25, -0.2) is 14.2 Å². The number of pyridine rings is 2. The summed E-state index contributed by atoms with van der Waals surface area (Å²) in [6.07, 6.45) is 5.11. The first-order chi connectivity index (χ1) is 17.3. The van der Waals surface area contributed by atoms with Crippen LogP contribution >= 0.6 is 0 Å². The fourth-order valence-electron chi connectivity index (χ4n) is 6.11. The van der Waals surface area contributed by atoms with Crippen LogP contribution in [0.3, 0.4) is 0 Å². The van der Waals surface area contributed by atoms with Gasteiger partial charge in [-0.3, -0.25) is 4.79 Å². The predicted octanol–water partition coefficient (Wildman–Crippen LogP) is 3.81. The molecule has 1 aliphatic carbocycles. The predicted molar refractivity (Wildman–Crippen MR) is 133 cm³/mol. The van der Waals surface area contributed by atoms with E-state index in [2.05, 4.69) is 5.32 Å². The number of ether oxygens (including phenoxy) is 1. The van der Waals surface area contributed by atoms with E-state index in [-0.39, 0.29) is 30.0 Å². The van der Waals surface area contributed by atoms with Crippen molar-refractivity contribution in [3.63, 3.8) is 0 Å². The summed E-state index contributed by atoms with van der Waals surface area (Å²) in [5.41, 5.74) is 2.54. The van der Waals surface area contributed by atoms with Crippen molar-refractivity contribution in [3.05, 3.63) is 62.2 Å². The van der Waals surface area contributed by atoms with Gasteiger partial charge in [0.15, 0.2) is 5.60 Å². The molecule has 0 radical (unpaired) electrons. The zero-order valence-electron chi connectivity index (χ0n) is 20.6. The van der Waals surface area contributed by atoms with Gasteiger partial charge in [0.1, 0.15) is 12.4 Å². The molecule has 4 heterocycles. The number of aryl methyl sites for hydroxylation is 1. The van der Waals surface area contributed by atoms with Crippen LogP contribution < -0.4 is 10.9 Å². The van der Waals surface area contributed by atoms with Crippen LogP contribution in [0.25, 0.3) is 22.3 Å². The van der Waals surface area contributed by atoms with Crippen LogP contribution in [0.15, 0.2) is 23.0 Å². The van der Waals surface area contributed by atoms with Crippen LogP contribution in [0, 0.1) is 18.7 Å². The quantitative estimate of drug-likeness (QED) is 0.413. The van der Waals surface area contributed by atoms with Crippen LogP contribution in [0.2, 0.25) is 0 Å². The van der Waals surface area contributed by atoms with Gasteiger partial charge in [0.25, 0.3) is 5.56 Å². The van der Waals surface area contributed by atoms with Crippen molar-refractivity contribution in [1.82, 2.24) is 14.9 Å². The standard InChI is InChI=1S/C28H30FN3O4/c1-3-28(35)21-9-24-25-19(13-32(24)26(33)20(21)14-36-27(28)34)18(12-30-11-16-6-4-5-7-16)17-8-15(2)22(29)10-23(17)31-25/h8-10,16,30,35H,3-7,11-14H2,1-2H3/t28-/m0/s1. The molecule has 36 heavy (non-hydrogen) atoms. The number of esters is 1. The first-order valence-electron chi connectivity index (χ1n) is 12.8. The van der Waals surface area contributed by atoms with Gasteiger partial charge in [-0.1, -0.05) is 19.8 Å². The monoisotopic (exact) mass is 491 g/mol. The molecule has 1 fully saturated rings. The van der Waals surface area contributed by atoms with Crippen molar-refractivity contribution in [2.75, 3.05) is 6.54 Å².